The van der Waals surface area contributed by atoms with Gasteiger partial charge in [-0.1, -0.05) is 0 Å². The third-order valence-corrected chi connectivity index (χ3v) is 15.1. The van der Waals surface area contributed by atoms with Crippen LogP contribution in [0.1, 0.15) is 47.0 Å². The quantitative estimate of drug-likeness (QED) is 0.169. The molecule has 0 saturated carbocycles. The molecule has 0 aromatic heterocycles. The van der Waals surface area contributed by atoms with Crippen LogP contribution in [-0.2, 0) is 14.4 Å². The molecule has 0 unspecified atom stereocenters. The molecule has 1 N–H and O–H groups in total. The van der Waals surface area contributed by atoms with E-state index >= 15 is 0 Å². The van der Waals surface area contributed by atoms with Crippen LogP contribution in [0.5, 0.6) is 0 Å². The molecule has 0 spiro atoms. The van der Waals surface area contributed by atoms with Crippen molar-refractivity contribution in [3.05, 3.63) is 126 Å². The van der Waals surface area contributed by atoms with Crippen LogP contribution >= 0.6 is 6.83 Å². The van der Waals surface area contributed by atoms with Gasteiger partial charge in [0, 0.05) is 0 Å². The van der Waals surface area contributed by atoms with Crippen molar-refractivity contribution >= 4 is 33.1 Å². The van der Waals surface area contributed by atoms with E-state index in [1.54, 1.807) is 0 Å². The zero-order valence-electron chi connectivity index (χ0n) is 23.2. The number of hydrogen-bond donors (Lipinski definition) is 1. The van der Waals surface area contributed by atoms with Gasteiger partial charge in [-0.15, -0.1) is 0 Å². The van der Waals surface area contributed by atoms with E-state index in [0.717, 1.165) is 34.3 Å². The van der Waals surface area contributed by atoms with Gasteiger partial charge in [0.15, 0.2) is 0 Å². The molecular weight excluding hydrogens is 523 g/mol. The van der Waals surface area contributed by atoms with Gasteiger partial charge in [0.25, 0.3) is 0 Å². The molecule has 0 bridgehead atoms. The maximum atomic E-state index is 12.8. The summed E-state index contributed by atoms with van der Waals surface area (Å²) in [4.78, 5) is 0. The van der Waals surface area contributed by atoms with Crippen molar-refractivity contribution in [2.75, 3.05) is 6.16 Å². The molecule has 0 amide bonds. The van der Waals surface area contributed by atoms with Gasteiger partial charge in [0.1, 0.15) is 0 Å². The molecule has 0 radical (unpaired) electrons. The van der Waals surface area contributed by atoms with Gasteiger partial charge in [-0.3, -0.25) is 0 Å². The first-order valence-corrected chi connectivity index (χ1v) is 17.1. The molecule has 3 aromatic rings. The van der Waals surface area contributed by atoms with Gasteiger partial charge < -0.3 is 0 Å². The molecular formula is C33H39O4PS. The standard InChI is InChI=1S/C33H39O4PS/c1-27(22-23-32-28(2)15-14-25-33(32,3)4)24-26-38(37-39(34,35)36,29-16-8-5-9-17-29,30-18-10-6-11-19-30)31-20-12-7-13-21-31/h5-13,16-24H,14-15,25-26H2,1-4H3,(H,34,35,36)/b23-22+,27-24+. The Morgan fingerprint density at radius 1 is 0.897 bits per heavy atom. The predicted molar refractivity (Wildman–Crippen MR) is 166 cm³/mol. The summed E-state index contributed by atoms with van der Waals surface area (Å²) in [5.74, 6) is 0. The monoisotopic (exact) mass is 562 g/mol. The predicted octanol–water partition coefficient (Wildman–Crippen LogP) is 7.28. The summed E-state index contributed by atoms with van der Waals surface area (Å²) in [6.45, 7) is 4.56. The van der Waals surface area contributed by atoms with Crippen molar-refractivity contribution < 1.29 is 16.9 Å². The van der Waals surface area contributed by atoms with Crippen molar-refractivity contribution in [1.82, 2.24) is 0 Å². The summed E-state index contributed by atoms with van der Waals surface area (Å²) in [6, 6.07) is 28.4. The third kappa shape index (κ3) is 5.88. The van der Waals surface area contributed by atoms with Gasteiger partial charge in [0.05, 0.1) is 0 Å². The van der Waals surface area contributed by atoms with Crippen LogP contribution in [0.3, 0.4) is 0 Å². The summed E-state index contributed by atoms with van der Waals surface area (Å²) >= 11 is 0. The minimum atomic E-state index is -4.88. The third-order valence-electron chi connectivity index (χ3n) is 7.98. The molecule has 206 valence electrons. The second-order valence-electron chi connectivity index (χ2n) is 11.1. The number of allylic oxidation sites excluding steroid dienone is 6. The molecule has 0 fully saturated rings. The Bertz CT molecular complexity index is 1390. The van der Waals surface area contributed by atoms with Crippen LogP contribution in [0.4, 0.5) is 0 Å². The van der Waals surface area contributed by atoms with Crippen LogP contribution in [0.15, 0.2) is 126 Å². The molecule has 3 aromatic carbocycles. The Kier molecular flexibility index (Phi) is 8.49. The maximum absolute atomic E-state index is 12.8. The van der Waals surface area contributed by atoms with E-state index in [2.05, 4.69) is 39.0 Å². The Morgan fingerprint density at radius 2 is 1.36 bits per heavy atom. The molecule has 6 heteroatoms. The summed E-state index contributed by atoms with van der Waals surface area (Å²) in [7, 11) is -4.88. The molecule has 1 aliphatic rings. The van der Waals surface area contributed by atoms with Gasteiger partial charge in [-0.25, -0.2) is 0 Å². The molecule has 1 aliphatic carbocycles. The van der Waals surface area contributed by atoms with Crippen molar-refractivity contribution in [3.63, 3.8) is 0 Å². The molecule has 0 saturated heterocycles. The molecule has 0 atom stereocenters. The van der Waals surface area contributed by atoms with Crippen LogP contribution in [0, 0.1) is 5.41 Å². The molecule has 0 aliphatic heterocycles. The van der Waals surface area contributed by atoms with Crippen molar-refractivity contribution in [2.45, 2.75) is 47.0 Å². The van der Waals surface area contributed by atoms with Gasteiger partial charge in [0.2, 0.25) is 0 Å². The average Bonchev–Trinajstić information content (AvgIpc) is 2.91. The van der Waals surface area contributed by atoms with Crippen LogP contribution in [-0.4, -0.2) is 19.1 Å². The fraction of sp³-hybridized carbons (Fsp3) is 0.273. The summed E-state index contributed by atoms with van der Waals surface area (Å²) in [5.41, 5.74) is 3.89. The zero-order chi connectivity index (χ0) is 28.2. The molecule has 4 nitrogen and oxygen atoms in total. The number of benzene rings is 3. The van der Waals surface area contributed by atoms with Gasteiger partial charge in [-0.05, 0) is 0 Å². The fourth-order valence-electron chi connectivity index (χ4n) is 5.97. The average molecular weight is 563 g/mol. The van der Waals surface area contributed by atoms with Gasteiger partial charge in [-0.2, -0.15) is 0 Å². The van der Waals surface area contributed by atoms with E-state index in [4.69, 9.17) is 3.97 Å². The Balaban J connectivity index is 1.98. The molecule has 39 heavy (non-hydrogen) atoms. The first-order chi connectivity index (χ1) is 18.5. The first-order valence-electron chi connectivity index (χ1n) is 13.4. The molecule has 4 rings (SSSR count). The van der Waals surface area contributed by atoms with E-state index in [0.29, 0.717) is 0 Å². The van der Waals surface area contributed by atoms with E-state index in [1.807, 2.05) is 97.9 Å². The Labute approximate surface area is 234 Å². The van der Waals surface area contributed by atoms with E-state index in [9.17, 15) is 13.0 Å². The van der Waals surface area contributed by atoms with Crippen LogP contribution in [0.25, 0.3) is 0 Å². The zero-order valence-corrected chi connectivity index (χ0v) is 25.0. The SMILES string of the molecule is CC1=C(/C=C/C(C)=C/CP(OS(=O)(=O)O)(c2ccccc2)(c2ccccc2)c2ccccc2)C(C)(C)CCC1. The molecule has 0 heterocycles. The first kappa shape index (κ1) is 29.2. The van der Waals surface area contributed by atoms with Crippen molar-refractivity contribution in [3.8, 4) is 0 Å². The van der Waals surface area contributed by atoms with Gasteiger partial charge >= 0.3 is 235 Å². The van der Waals surface area contributed by atoms with Crippen LogP contribution < -0.4 is 15.9 Å². The Morgan fingerprint density at radius 3 is 1.77 bits per heavy atom. The van der Waals surface area contributed by atoms with E-state index < -0.39 is 17.2 Å². The summed E-state index contributed by atoms with van der Waals surface area (Å²) in [5, 5.41) is 2.16. The minimum absolute atomic E-state index is 0.116. The summed E-state index contributed by atoms with van der Waals surface area (Å²) in [6.07, 6.45) is 10.1. The van der Waals surface area contributed by atoms with E-state index in [-0.39, 0.29) is 11.6 Å². The topological polar surface area (TPSA) is 63.6 Å². The number of rotatable bonds is 9. The van der Waals surface area contributed by atoms with Crippen molar-refractivity contribution in [1.29, 1.82) is 0 Å². The number of hydrogen-bond acceptors (Lipinski definition) is 3. The Hall–Kier alpha value is -2.82. The fourth-order valence-corrected chi connectivity index (χ4v) is 13.5. The van der Waals surface area contributed by atoms with Crippen molar-refractivity contribution in [2.24, 2.45) is 5.41 Å². The van der Waals surface area contributed by atoms with E-state index in [1.165, 1.54) is 17.6 Å². The normalized spacial score (nSPS) is 17.7. The summed E-state index contributed by atoms with van der Waals surface area (Å²) < 4.78 is 42.1. The second kappa shape index (κ2) is 11.3. The van der Waals surface area contributed by atoms with Crippen LogP contribution in [0.2, 0.25) is 0 Å². The second-order valence-corrected chi connectivity index (χ2v) is 16.9.